The summed E-state index contributed by atoms with van der Waals surface area (Å²) in [6, 6.07) is 6.52. The molecular weight excluding hydrogens is 304 g/mol. The SMILES string of the molecule is CCC1CCCN(S(=O)(=O)c2ccc(C(N)=S)cc2)CC1. The van der Waals surface area contributed by atoms with Gasteiger partial charge in [0.15, 0.2) is 0 Å². The lowest BCUT2D eigenvalue weighted by Crippen LogP contribution is -2.32. The molecule has 2 N–H and O–H groups in total. The van der Waals surface area contributed by atoms with Gasteiger partial charge in [-0.25, -0.2) is 8.42 Å². The average Bonchev–Trinajstić information content (AvgIpc) is 2.73. The van der Waals surface area contributed by atoms with E-state index in [9.17, 15) is 8.42 Å². The highest BCUT2D eigenvalue weighted by Crippen LogP contribution is 2.25. The largest absolute Gasteiger partial charge is 0.389 e. The van der Waals surface area contributed by atoms with Crippen molar-refractivity contribution in [3.8, 4) is 0 Å². The maximum atomic E-state index is 12.7. The summed E-state index contributed by atoms with van der Waals surface area (Å²) in [4.78, 5) is 0.594. The second-order valence-corrected chi connectivity index (χ2v) is 7.88. The van der Waals surface area contributed by atoms with Crippen LogP contribution in [0.5, 0.6) is 0 Å². The van der Waals surface area contributed by atoms with E-state index in [0.29, 0.717) is 29.5 Å². The van der Waals surface area contributed by atoms with Crippen LogP contribution in [0.15, 0.2) is 29.2 Å². The molecule has 21 heavy (non-hydrogen) atoms. The van der Waals surface area contributed by atoms with Gasteiger partial charge in [0, 0.05) is 18.7 Å². The predicted molar refractivity (Wildman–Crippen MR) is 88.7 cm³/mol. The highest BCUT2D eigenvalue weighted by molar-refractivity contribution is 7.89. The molecule has 1 aromatic carbocycles. The highest BCUT2D eigenvalue weighted by atomic mass is 32.2. The van der Waals surface area contributed by atoms with Gasteiger partial charge in [0.25, 0.3) is 0 Å². The van der Waals surface area contributed by atoms with Crippen LogP contribution in [0, 0.1) is 5.92 Å². The molecule has 116 valence electrons. The van der Waals surface area contributed by atoms with E-state index in [1.165, 1.54) is 0 Å². The smallest absolute Gasteiger partial charge is 0.243 e. The van der Waals surface area contributed by atoms with Crippen molar-refractivity contribution in [2.24, 2.45) is 11.7 Å². The number of sulfonamides is 1. The fourth-order valence-electron chi connectivity index (χ4n) is 2.73. The molecule has 1 fully saturated rings. The van der Waals surface area contributed by atoms with Crippen molar-refractivity contribution in [3.63, 3.8) is 0 Å². The summed E-state index contributed by atoms with van der Waals surface area (Å²) in [6.07, 6.45) is 4.11. The quantitative estimate of drug-likeness (QED) is 0.864. The lowest BCUT2D eigenvalue weighted by Gasteiger charge is -2.20. The van der Waals surface area contributed by atoms with E-state index in [1.807, 2.05) is 0 Å². The molecule has 1 unspecified atom stereocenters. The Balaban J connectivity index is 2.19. The first kappa shape index (κ1) is 16.4. The Morgan fingerprint density at radius 1 is 1.29 bits per heavy atom. The summed E-state index contributed by atoms with van der Waals surface area (Å²) in [5.41, 5.74) is 6.22. The fourth-order valence-corrected chi connectivity index (χ4v) is 4.36. The lowest BCUT2D eigenvalue weighted by molar-refractivity contribution is 0.407. The van der Waals surface area contributed by atoms with Crippen molar-refractivity contribution < 1.29 is 8.42 Å². The van der Waals surface area contributed by atoms with Crippen LogP contribution in [0.3, 0.4) is 0 Å². The van der Waals surface area contributed by atoms with Crippen molar-refractivity contribution in [2.45, 2.75) is 37.5 Å². The lowest BCUT2D eigenvalue weighted by atomic mass is 9.98. The molecule has 0 aliphatic carbocycles. The number of hydrogen-bond acceptors (Lipinski definition) is 3. The van der Waals surface area contributed by atoms with Gasteiger partial charge in [0.1, 0.15) is 4.99 Å². The Morgan fingerprint density at radius 3 is 2.52 bits per heavy atom. The van der Waals surface area contributed by atoms with E-state index >= 15 is 0 Å². The van der Waals surface area contributed by atoms with Gasteiger partial charge in [-0.3, -0.25) is 0 Å². The Hall–Kier alpha value is -0.980. The van der Waals surface area contributed by atoms with Crippen LogP contribution in [0.25, 0.3) is 0 Å². The van der Waals surface area contributed by atoms with Gasteiger partial charge in [0.2, 0.25) is 10.0 Å². The van der Waals surface area contributed by atoms with Gasteiger partial charge in [-0.15, -0.1) is 0 Å². The molecule has 6 heteroatoms. The minimum absolute atomic E-state index is 0.277. The van der Waals surface area contributed by atoms with Gasteiger partial charge in [-0.1, -0.05) is 37.7 Å². The van der Waals surface area contributed by atoms with E-state index in [2.05, 4.69) is 6.92 Å². The van der Waals surface area contributed by atoms with Crippen molar-refractivity contribution in [2.75, 3.05) is 13.1 Å². The molecule has 1 saturated heterocycles. The van der Waals surface area contributed by atoms with Gasteiger partial charge in [-0.05, 0) is 37.3 Å². The van der Waals surface area contributed by atoms with E-state index in [1.54, 1.807) is 28.6 Å². The van der Waals surface area contributed by atoms with Crippen molar-refractivity contribution in [1.29, 1.82) is 0 Å². The summed E-state index contributed by atoms with van der Waals surface area (Å²) in [7, 11) is -3.41. The first-order chi connectivity index (χ1) is 9.95. The van der Waals surface area contributed by atoms with E-state index in [4.69, 9.17) is 18.0 Å². The van der Waals surface area contributed by atoms with Gasteiger partial charge in [0.05, 0.1) is 4.90 Å². The summed E-state index contributed by atoms with van der Waals surface area (Å²) in [5, 5.41) is 0. The zero-order chi connectivity index (χ0) is 15.5. The number of nitrogens with zero attached hydrogens (tertiary/aromatic N) is 1. The third kappa shape index (κ3) is 3.81. The number of hydrogen-bond donors (Lipinski definition) is 1. The summed E-state index contributed by atoms with van der Waals surface area (Å²) < 4.78 is 27.0. The summed E-state index contributed by atoms with van der Waals surface area (Å²) in [5.74, 6) is 0.641. The Labute approximate surface area is 132 Å². The third-order valence-corrected chi connectivity index (χ3v) is 6.31. The summed E-state index contributed by atoms with van der Waals surface area (Å²) in [6.45, 7) is 3.39. The van der Waals surface area contributed by atoms with E-state index < -0.39 is 10.0 Å². The fraction of sp³-hybridized carbons (Fsp3) is 0.533. The van der Waals surface area contributed by atoms with Crippen molar-refractivity contribution in [3.05, 3.63) is 29.8 Å². The van der Waals surface area contributed by atoms with E-state index in [0.717, 1.165) is 25.7 Å². The molecule has 1 aliphatic rings. The molecule has 0 amide bonds. The normalized spacial score (nSPS) is 20.9. The predicted octanol–water partition coefficient (Wildman–Crippen LogP) is 2.52. The Bertz CT molecular complexity index is 597. The Kier molecular flexibility index (Phi) is 5.35. The maximum Gasteiger partial charge on any atom is 0.243 e. The first-order valence-corrected chi connectivity index (χ1v) is 9.20. The number of rotatable bonds is 4. The van der Waals surface area contributed by atoms with Crippen LogP contribution in [0.4, 0.5) is 0 Å². The average molecular weight is 326 g/mol. The number of thiocarbonyl (C=S) groups is 1. The molecule has 1 aromatic rings. The highest BCUT2D eigenvalue weighted by Gasteiger charge is 2.27. The topological polar surface area (TPSA) is 63.4 Å². The molecule has 0 saturated carbocycles. The number of benzene rings is 1. The number of nitrogens with two attached hydrogens (primary N) is 1. The van der Waals surface area contributed by atoms with Crippen LogP contribution in [0.1, 0.15) is 38.2 Å². The van der Waals surface area contributed by atoms with Crippen LogP contribution in [-0.4, -0.2) is 30.8 Å². The molecule has 1 heterocycles. The summed E-state index contributed by atoms with van der Waals surface area (Å²) >= 11 is 4.89. The van der Waals surface area contributed by atoms with Crippen molar-refractivity contribution in [1.82, 2.24) is 4.31 Å². The minimum atomic E-state index is -3.41. The molecule has 1 atom stereocenters. The second kappa shape index (κ2) is 6.85. The zero-order valence-corrected chi connectivity index (χ0v) is 13.9. The van der Waals surface area contributed by atoms with Gasteiger partial charge < -0.3 is 5.73 Å². The van der Waals surface area contributed by atoms with Gasteiger partial charge in [-0.2, -0.15) is 4.31 Å². The molecular formula is C15H22N2O2S2. The zero-order valence-electron chi connectivity index (χ0n) is 12.3. The van der Waals surface area contributed by atoms with Crippen LogP contribution in [-0.2, 0) is 10.0 Å². The molecule has 0 radical (unpaired) electrons. The monoisotopic (exact) mass is 326 g/mol. The molecule has 0 aromatic heterocycles. The molecule has 0 spiro atoms. The molecule has 2 rings (SSSR count). The molecule has 0 bridgehead atoms. The molecule has 4 nitrogen and oxygen atoms in total. The minimum Gasteiger partial charge on any atom is -0.389 e. The van der Waals surface area contributed by atoms with E-state index in [-0.39, 0.29) is 4.99 Å². The third-order valence-electron chi connectivity index (χ3n) is 4.16. The standard InChI is InChI=1S/C15H22N2O2S2/c1-2-12-4-3-10-17(11-9-12)21(18,19)14-7-5-13(6-8-14)15(16)20/h5-8,12H,2-4,9-11H2,1H3,(H2,16,20). The van der Waals surface area contributed by atoms with Crippen LogP contribution >= 0.6 is 12.2 Å². The van der Waals surface area contributed by atoms with Gasteiger partial charge >= 0.3 is 0 Å². The Morgan fingerprint density at radius 2 is 1.95 bits per heavy atom. The van der Waals surface area contributed by atoms with Crippen LogP contribution in [0.2, 0.25) is 0 Å². The second-order valence-electron chi connectivity index (χ2n) is 5.50. The van der Waals surface area contributed by atoms with Crippen molar-refractivity contribution >= 4 is 27.2 Å². The molecule has 1 aliphatic heterocycles. The van der Waals surface area contributed by atoms with Crippen LogP contribution < -0.4 is 5.73 Å². The maximum absolute atomic E-state index is 12.7. The first-order valence-electron chi connectivity index (χ1n) is 7.35.